The van der Waals surface area contributed by atoms with E-state index in [1.807, 2.05) is 11.9 Å². The van der Waals surface area contributed by atoms with Crippen molar-refractivity contribution in [2.75, 3.05) is 18.9 Å². The van der Waals surface area contributed by atoms with Crippen LogP contribution in [0.15, 0.2) is 12.4 Å². The summed E-state index contributed by atoms with van der Waals surface area (Å²) in [7, 11) is 1.89. The molecule has 116 valence electrons. The fourth-order valence-electron chi connectivity index (χ4n) is 2.80. The lowest BCUT2D eigenvalue weighted by molar-refractivity contribution is 0.0711. The smallest absolute Gasteiger partial charge is 0.274 e. The first-order valence-electron chi connectivity index (χ1n) is 8.05. The van der Waals surface area contributed by atoms with Crippen molar-refractivity contribution in [1.29, 1.82) is 0 Å². The monoisotopic (exact) mass is 290 g/mol. The number of rotatable bonds is 5. The molecule has 5 heteroatoms. The van der Waals surface area contributed by atoms with Crippen molar-refractivity contribution in [1.82, 2.24) is 14.9 Å². The average Bonchev–Trinajstić information content (AvgIpc) is 2.81. The number of carbonyl (C=O) groups excluding carboxylic acids is 1. The first kappa shape index (κ1) is 15.7. The first-order valence-corrected chi connectivity index (χ1v) is 8.05. The number of anilines is 1. The highest BCUT2D eigenvalue weighted by atomic mass is 16.2. The van der Waals surface area contributed by atoms with Gasteiger partial charge in [-0.15, -0.1) is 0 Å². The molecular formula is C16H26N4O. The van der Waals surface area contributed by atoms with Crippen molar-refractivity contribution in [3.05, 3.63) is 18.1 Å². The lowest BCUT2D eigenvalue weighted by Gasteiger charge is -2.26. The molecule has 0 radical (unpaired) electrons. The van der Waals surface area contributed by atoms with E-state index in [2.05, 4.69) is 22.2 Å². The van der Waals surface area contributed by atoms with E-state index in [9.17, 15) is 4.79 Å². The molecule has 0 atom stereocenters. The summed E-state index contributed by atoms with van der Waals surface area (Å²) >= 11 is 0. The average molecular weight is 290 g/mol. The predicted octanol–water partition coefficient (Wildman–Crippen LogP) is 3.09. The fourth-order valence-corrected chi connectivity index (χ4v) is 2.80. The molecule has 0 bridgehead atoms. The van der Waals surface area contributed by atoms with Crippen molar-refractivity contribution in [3.63, 3.8) is 0 Å². The summed E-state index contributed by atoms with van der Waals surface area (Å²) in [6.07, 6.45) is 11.4. The Morgan fingerprint density at radius 3 is 2.67 bits per heavy atom. The van der Waals surface area contributed by atoms with Gasteiger partial charge in [-0.25, -0.2) is 4.98 Å². The molecule has 1 heterocycles. The van der Waals surface area contributed by atoms with Gasteiger partial charge in [-0.2, -0.15) is 0 Å². The third-order valence-corrected chi connectivity index (χ3v) is 4.10. The third-order valence-electron chi connectivity index (χ3n) is 4.10. The Labute approximate surface area is 127 Å². The normalized spacial score (nSPS) is 16.3. The van der Waals surface area contributed by atoms with Gasteiger partial charge in [0.15, 0.2) is 0 Å². The lowest BCUT2D eigenvalue weighted by Crippen LogP contribution is -2.37. The van der Waals surface area contributed by atoms with E-state index in [1.54, 1.807) is 12.4 Å². The molecule has 1 fully saturated rings. The van der Waals surface area contributed by atoms with Gasteiger partial charge in [0.1, 0.15) is 11.5 Å². The summed E-state index contributed by atoms with van der Waals surface area (Å²) in [5, 5.41) is 3.17. The van der Waals surface area contributed by atoms with Crippen LogP contribution in [0.25, 0.3) is 0 Å². The number of nitrogens with zero attached hydrogens (tertiary/aromatic N) is 3. The van der Waals surface area contributed by atoms with E-state index in [-0.39, 0.29) is 5.91 Å². The quantitative estimate of drug-likeness (QED) is 0.847. The Morgan fingerprint density at radius 1 is 1.29 bits per heavy atom. The molecule has 0 saturated heterocycles. The number of nitrogens with one attached hydrogen (secondary N) is 1. The van der Waals surface area contributed by atoms with Crippen molar-refractivity contribution in [2.24, 2.45) is 0 Å². The first-order chi connectivity index (χ1) is 10.2. The van der Waals surface area contributed by atoms with Gasteiger partial charge in [-0.05, 0) is 19.3 Å². The van der Waals surface area contributed by atoms with Gasteiger partial charge in [0, 0.05) is 19.6 Å². The predicted molar refractivity (Wildman–Crippen MR) is 84.4 cm³/mol. The zero-order valence-corrected chi connectivity index (χ0v) is 13.1. The van der Waals surface area contributed by atoms with Crippen LogP contribution in [0.4, 0.5) is 5.82 Å². The highest BCUT2D eigenvalue weighted by molar-refractivity contribution is 5.92. The van der Waals surface area contributed by atoms with Crippen LogP contribution in [0.1, 0.15) is 62.4 Å². The van der Waals surface area contributed by atoms with Crippen LogP contribution in [0.5, 0.6) is 0 Å². The van der Waals surface area contributed by atoms with Crippen molar-refractivity contribution < 1.29 is 4.79 Å². The van der Waals surface area contributed by atoms with Gasteiger partial charge in [0.05, 0.1) is 12.4 Å². The summed E-state index contributed by atoms with van der Waals surface area (Å²) in [5.74, 6) is 0.659. The standard InChI is InChI=1S/C16H26N4O/c1-3-10-18-15-12-17-11-14(19-15)16(21)20(2)13-8-6-4-5-7-9-13/h11-13H,3-10H2,1-2H3,(H,18,19). The minimum atomic E-state index is -0.0189. The fraction of sp³-hybridized carbons (Fsp3) is 0.688. The van der Waals surface area contributed by atoms with Gasteiger partial charge in [0.25, 0.3) is 5.91 Å². The molecular weight excluding hydrogens is 264 g/mol. The summed E-state index contributed by atoms with van der Waals surface area (Å²) in [6, 6.07) is 0.342. The van der Waals surface area contributed by atoms with Gasteiger partial charge in [-0.3, -0.25) is 9.78 Å². The van der Waals surface area contributed by atoms with Crippen LogP contribution in [-0.4, -0.2) is 40.4 Å². The highest BCUT2D eigenvalue weighted by Crippen LogP contribution is 2.22. The topological polar surface area (TPSA) is 58.1 Å². The maximum Gasteiger partial charge on any atom is 0.274 e. The van der Waals surface area contributed by atoms with Gasteiger partial charge >= 0.3 is 0 Å². The van der Waals surface area contributed by atoms with E-state index >= 15 is 0 Å². The summed E-state index contributed by atoms with van der Waals surface area (Å²) in [6.45, 7) is 2.93. The van der Waals surface area contributed by atoms with Crippen LogP contribution in [-0.2, 0) is 0 Å². The van der Waals surface area contributed by atoms with Gasteiger partial charge in [-0.1, -0.05) is 32.6 Å². The zero-order valence-electron chi connectivity index (χ0n) is 13.1. The maximum absolute atomic E-state index is 12.6. The Kier molecular flexibility index (Phi) is 5.96. The summed E-state index contributed by atoms with van der Waals surface area (Å²) in [5.41, 5.74) is 0.433. The second-order valence-electron chi connectivity index (χ2n) is 5.78. The summed E-state index contributed by atoms with van der Waals surface area (Å²) in [4.78, 5) is 23.0. The van der Waals surface area contributed by atoms with E-state index in [1.165, 1.54) is 25.7 Å². The number of aromatic nitrogens is 2. The minimum Gasteiger partial charge on any atom is -0.369 e. The van der Waals surface area contributed by atoms with Gasteiger partial charge < -0.3 is 10.2 Å². The molecule has 0 aromatic carbocycles. The van der Waals surface area contributed by atoms with Crippen LogP contribution < -0.4 is 5.32 Å². The molecule has 1 amide bonds. The van der Waals surface area contributed by atoms with Crippen molar-refractivity contribution >= 4 is 11.7 Å². The number of hydrogen-bond donors (Lipinski definition) is 1. The second kappa shape index (κ2) is 7.96. The molecule has 1 aromatic rings. The Balaban J connectivity index is 2.03. The molecule has 1 N–H and O–H groups in total. The molecule has 1 saturated carbocycles. The molecule has 21 heavy (non-hydrogen) atoms. The molecule has 0 unspecified atom stereocenters. The molecule has 0 spiro atoms. The lowest BCUT2D eigenvalue weighted by atomic mass is 10.1. The number of amides is 1. The molecule has 5 nitrogen and oxygen atoms in total. The second-order valence-corrected chi connectivity index (χ2v) is 5.78. The maximum atomic E-state index is 12.6. The van der Waals surface area contributed by atoms with Crippen molar-refractivity contribution in [2.45, 2.75) is 57.9 Å². The van der Waals surface area contributed by atoms with E-state index in [0.717, 1.165) is 25.8 Å². The Bertz CT molecular complexity index is 455. The largest absolute Gasteiger partial charge is 0.369 e. The van der Waals surface area contributed by atoms with Crippen LogP contribution in [0.2, 0.25) is 0 Å². The van der Waals surface area contributed by atoms with E-state index < -0.39 is 0 Å². The molecule has 1 aliphatic carbocycles. The summed E-state index contributed by atoms with van der Waals surface area (Å²) < 4.78 is 0. The van der Waals surface area contributed by atoms with Crippen LogP contribution in [0, 0.1) is 0 Å². The highest BCUT2D eigenvalue weighted by Gasteiger charge is 2.23. The molecule has 1 aromatic heterocycles. The van der Waals surface area contributed by atoms with Gasteiger partial charge in [0.2, 0.25) is 0 Å². The van der Waals surface area contributed by atoms with E-state index in [0.29, 0.717) is 17.6 Å². The third kappa shape index (κ3) is 4.41. The molecule has 1 aliphatic rings. The van der Waals surface area contributed by atoms with Crippen LogP contribution >= 0.6 is 0 Å². The van der Waals surface area contributed by atoms with Crippen LogP contribution in [0.3, 0.4) is 0 Å². The molecule has 0 aliphatic heterocycles. The van der Waals surface area contributed by atoms with E-state index in [4.69, 9.17) is 0 Å². The Hall–Kier alpha value is -1.65. The zero-order chi connectivity index (χ0) is 15.1. The SMILES string of the molecule is CCCNc1cncc(C(=O)N(C)C2CCCCCC2)n1. The Morgan fingerprint density at radius 2 is 2.00 bits per heavy atom. The minimum absolute atomic E-state index is 0.0189. The number of carbonyl (C=O) groups is 1. The number of hydrogen-bond acceptors (Lipinski definition) is 4. The van der Waals surface area contributed by atoms with Crippen molar-refractivity contribution in [3.8, 4) is 0 Å². The molecule has 2 rings (SSSR count).